The van der Waals surface area contributed by atoms with Crippen molar-refractivity contribution in [2.75, 3.05) is 11.4 Å². The molecule has 148 valence electrons. The number of aromatic nitrogens is 1. The lowest BCUT2D eigenvalue weighted by Gasteiger charge is -2.14. The lowest BCUT2D eigenvalue weighted by atomic mass is 10.0. The topological polar surface area (TPSA) is 72.6 Å². The number of ether oxygens (including phenoxy) is 1. The smallest absolute Gasteiger partial charge is 0.310 e. The van der Waals surface area contributed by atoms with Crippen LogP contribution in [-0.4, -0.2) is 23.4 Å². The molecule has 0 bridgehead atoms. The van der Waals surface area contributed by atoms with Crippen LogP contribution >= 0.6 is 11.3 Å². The van der Waals surface area contributed by atoms with E-state index in [1.807, 2.05) is 43.3 Å². The van der Waals surface area contributed by atoms with Gasteiger partial charge in [0.25, 0.3) is 0 Å². The SMILES string of the molecule is CCN(C(C)=O)c1nc(COC(=O)Cc2coc3ccc4ccccc4c23)cs1. The van der Waals surface area contributed by atoms with E-state index in [0.29, 0.717) is 17.4 Å². The first kappa shape index (κ1) is 19.1. The number of rotatable bonds is 6. The Kier molecular flexibility index (Phi) is 5.31. The van der Waals surface area contributed by atoms with Crippen LogP contribution in [-0.2, 0) is 27.4 Å². The van der Waals surface area contributed by atoms with Gasteiger partial charge in [0, 0.05) is 29.8 Å². The molecule has 0 aliphatic carbocycles. The zero-order chi connectivity index (χ0) is 20.4. The van der Waals surface area contributed by atoms with E-state index in [1.54, 1.807) is 16.5 Å². The number of benzene rings is 2. The fraction of sp³-hybridized carbons (Fsp3) is 0.227. The summed E-state index contributed by atoms with van der Waals surface area (Å²) in [6, 6.07) is 11.9. The molecule has 0 saturated carbocycles. The van der Waals surface area contributed by atoms with Crippen molar-refractivity contribution < 1.29 is 18.7 Å². The van der Waals surface area contributed by atoms with E-state index >= 15 is 0 Å². The molecule has 29 heavy (non-hydrogen) atoms. The highest BCUT2D eigenvalue weighted by Crippen LogP contribution is 2.30. The summed E-state index contributed by atoms with van der Waals surface area (Å²) in [5.41, 5.74) is 2.18. The van der Waals surface area contributed by atoms with Crippen LogP contribution in [0.5, 0.6) is 0 Å². The molecule has 2 aromatic heterocycles. The second-order valence-corrected chi connectivity index (χ2v) is 7.48. The molecule has 0 unspecified atom stereocenters. The van der Waals surface area contributed by atoms with Crippen LogP contribution in [0.15, 0.2) is 52.5 Å². The summed E-state index contributed by atoms with van der Waals surface area (Å²) >= 11 is 1.36. The van der Waals surface area contributed by atoms with E-state index in [1.165, 1.54) is 18.3 Å². The first-order chi connectivity index (χ1) is 14.1. The lowest BCUT2D eigenvalue weighted by Crippen LogP contribution is -2.27. The highest BCUT2D eigenvalue weighted by atomic mass is 32.1. The number of amides is 1. The minimum atomic E-state index is -0.353. The van der Waals surface area contributed by atoms with Gasteiger partial charge in [-0.3, -0.25) is 14.5 Å². The number of carbonyl (C=O) groups excluding carboxylic acids is 2. The van der Waals surface area contributed by atoms with Crippen molar-refractivity contribution in [1.29, 1.82) is 0 Å². The lowest BCUT2D eigenvalue weighted by molar-refractivity contribution is -0.144. The van der Waals surface area contributed by atoms with Crippen molar-refractivity contribution in [2.24, 2.45) is 0 Å². The molecule has 2 heterocycles. The van der Waals surface area contributed by atoms with E-state index in [2.05, 4.69) is 4.98 Å². The Bertz CT molecular complexity index is 1190. The molecule has 4 rings (SSSR count). The van der Waals surface area contributed by atoms with E-state index in [-0.39, 0.29) is 24.9 Å². The Balaban J connectivity index is 1.46. The van der Waals surface area contributed by atoms with Crippen LogP contribution in [0.2, 0.25) is 0 Å². The van der Waals surface area contributed by atoms with Gasteiger partial charge in [-0.15, -0.1) is 11.3 Å². The Morgan fingerprint density at radius 3 is 2.83 bits per heavy atom. The molecular formula is C22H20N2O4S. The van der Waals surface area contributed by atoms with Crippen molar-refractivity contribution in [2.45, 2.75) is 26.9 Å². The molecule has 0 spiro atoms. The molecule has 0 aliphatic heterocycles. The fourth-order valence-corrected chi connectivity index (χ4v) is 4.26. The van der Waals surface area contributed by atoms with Gasteiger partial charge in [0.1, 0.15) is 12.2 Å². The number of anilines is 1. The van der Waals surface area contributed by atoms with E-state index in [9.17, 15) is 9.59 Å². The maximum absolute atomic E-state index is 12.4. The minimum absolute atomic E-state index is 0.0653. The molecule has 7 heteroatoms. The number of esters is 1. The maximum Gasteiger partial charge on any atom is 0.310 e. The highest BCUT2D eigenvalue weighted by molar-refractivity contribution is 7.14. The number of carbonyl (C=O) groups is 2. The Labute approximate surface area is 171 Å². The standard InChI is InChI=1S/C22H20N2O4S/c1-3-24(14(2)25)22-23-17(13-29-22)12-28-20(26)10-16-11-27-19-9-8-15-6-4-5-7-18(15)21(16)19/h4-9,11,13H,3,10,12H2,1-2H3. The first-order valence-corrected chi connectivity index (χ1v) is 10.2. The molecule has 1 amide bonds. The molecule has 6 nitrogen and oxygen atoms in total. The summed E-state index contributed by atoms with van der Waals surface area (Å²) in [5, 5.41) is 5.50. The van der Waals surface area contributed by atoms with Gasteiger partial charge < -0.3 is 9.15 Å². The molecule has 0 saturated heterocycles. The van der Waals surface area contributed by atoms with Gasteiger partial charge in [0.15, 0.2) is 5.13 Å². The number of fused-ring (bicyclic) bond motifs is 3. The highest BCUT2D eigenvalue weighted by Gasteiger charge is 2.16. The van der Waals surface area contributed by atoms with Gasteiger partial charge >= 0.3 is 5.97 Å². The zero-order valence-electron chi connectivity index (χ0n) is 16.2. The van der Waals surface area contributed by atoms with Gasteiger partial charge in [-0.2, -0.15) is 0 Å². The Morgan fingerprint density at radius 2 is 2.03 bits per heavy atom. The third-order valence-corrected chi connectivity index (χ3v) is 5.64. The number of nitrogens with zero attached hydrogens (tertiary/aromatic N) is 2. The number of furan rings is 1. The third kappa shape index (κ3) is 3.86. The quantitative estimate of drug-likeness (QED) is 0.432. The molecule has 0 radical (unpaired) electrons. The Morgan fingerprint density at radius 1 is 1.21 bits per heavy atom. The molecule has 0 N–H and O–H groups in total. The normalized spacial score (nSPS) is 11.1. The summed E-state index contributed by atoms with van der Waals surface area (Å²) in [6.45, 7) is 4.01. The maximum atomic E-state index is 12.4. The van der Waals surface area contributed by atoms with Crippen molar-refractivity contribution in [1.82, 2.24) is 4.98 Å². The molecule has 0 aliphatic rings. The van der Waals surface area contributed by atoms with Gasteiger partial charge in [-0.1, -0.05) is 30.3 Å². The first-order valence-electron chi connectivity index (χ1n) is 9.32. The van der Waals surface area contributed by atoms with Gasteiger partial charge in [0.2, 0.25) is 5.91 Å². The number of thiazole rings is 1. The molecule has 0 fully saturated rings. The molecule has 4 aromatic rings. The minimum Gasteiger partial charge on any atom is -0.464 e. The second-order valence-electron chi connectivity index (χ2n) is 6.64. The zero-order valence-corrected chi connectivity index (χ0v) is 17.0. The summed E-state index contributed by atoms with van der Waals surface area (Å²) in [7, 11) is 0. The predicted octanol–water partition coefficient (Wildman–Crippen LogP) is 4.70. The largest absolute Gasteiger partial charge is 0.464 e. The van der Waals surface area contributed by atoms with Gasteiger partial charge in [0.05, 0.1) is 18.4 Å². The predicted molar refractivity (Wildman–Crippen MR) is 113 cm³/mol. The monoisotopic (exact) mass is 408 g/mol. The fourth-order valence-electron chi connectivity index (χ4n) is 3.34. The number of hydrogen-bond acceptors (Lipinski definition) is 6. The van der Waals surface area contributed by atoms with Crippen LogP contribution in [0, 0.1) is 0 Å². The second kappa shape index (κ2) is 8.05. The van der Waals surface area contributed by atoms with Crippen LogP contribution in [0.1, 0.15) is 25.1 Å². The van der Waals surface area contributed by atoms with Crippen molar-refractivity contribution in [3.05, 3.63) is 59.3 Å². The van der Waals surface area contributed by atoms with E-state index < -0.39 is 0 Å². The van der Waals surface area contributed by atoms with Crippen molar-refractivity contribution in [3.63, 3.8) is 0 Å². The molecule has 2 aromatic carbocycles. The average molecular weight is 408 g/mol. The molecule has 0 atom stereocenters. The van der Waals surface area contributed by atoms with Gasteiger partial charge in [-0.25, -0.2) is 4.98 Å². The van der Waals surface area contributed by atoms with E-state index in [0.717, 1.165) is 27.3 Å². The summed E-state index contributed by atoms with van der Waals surface area (Å²) in [6.07, 6.45) is 1.73. The van der Waals surface area contributed by atoms with Crippen LogP contribution in [0.25, 0.3) is 21.7 Å². The Hall–Kier alpha value is -3.19. The van der Waals surface area contributed by atoms with Crippen molar-refractivity contribution in [3.8, 4) is 0 Å². The van der Waals surface area contributed by atoms with Crippen LogP contribution in [0.3, 0.4) is 0 Å². The van der Waals surface area contributed by atoms with Crippen molar-refractivity contribution >= 4 is 50.1 Å². The number of hydrogen-bond donors (Lipinski definition) is 0. The summed E-state index contributed by atoms with van der Waals surface area (Å²) in [5.74, 6) is -0.418. The summed E-state index contributed by atoms with van der Waals surface area (Å²) < 4.78 is 11.0. The van der Waals surface area contributed by atoms with Crippen LogP contribution in [0.4, 0.5) is 5.13 Å². The van der Waals surface area contributed by atoms with Gasteiger partial charge in [-0.05, 0) is 23.8 Å². The molecular weight excluding hydrogens is 388 g/mol. The summed E-state index contributed by atoms with van der Waals surface area (Å²) in [4.78, 5) is 30.0. The van der Waals surface area contributed by atoms with E-state index in [4.69, 9.17) is 9.15 Å². The van der Waals surface area contributed by atoms with Crippen LogP contribution < -0.4 is 4.90 Å². The third-order valence-electron chi connectivity index (χ3n) is 4.72. The average Bonchev–Trinajstić information content (AvgIpc) is 3.34.